The van der Waals surface area contributed by atoms with Gasteiger partial charge in [-0.15, -0.1) is 5.92 Å². The van der Waals surface area contributed by atoms with Crippen molar-refractivity contribution in [3.05, 3.63) is 0 Å². The molecular formula is C11H16O3. The first-order valence-electron chi connectivity index (χ1n) is 5.08. The second kappa shape index (κ2) is 5.66. The predicted molar refractivity (Wildman–Crippen MR) is 52.4 cm³/mol. The lowest BCUT2D eigenvalue weighted by atomic mass is 10.0. The monoisotopic (exact) mass is 196 g/mol. The lowest BCUT2D eigenvalue weighted by molar-refractivity contribution is -0.143. The van der Waals surface area contributed by atoms with Crippen LogP contribution in [0.15, 0.2) is 0 Å². The van der Waals surface area contributed by atoms with Crippen molar-refractivity contribution in [2.75, 3.05) is 6.61 Å². The van der Waals surface area contributed by atoms with Gasteiger partial charge in [-0.3, -0.25) is 4.79 Å². The van der Waals surface area contributed by atoms with E-state index < -0.39 is 12.0 Å². The van der Waals surface area contributed by atoms with Crippen LogP contribution in [0.25, 0.3) is 0 Å². The quantitative estimate of drug-likeness (QED) is 0.418. The maximum absolute atomic E-state index is 11.1. The Hall–Kier alpha value is -1.01. The largest absolute Gasteiger partial charge is 0.465 e. The van der Waals surface area contributed by atoms with Crippen molar-refractivity contribution >= 4 is 5.97 Å². The van der Waals surface area contributed by atoms with Gasteiger partial charge in [-0.1, -0.05) is 19.3 Å². The molecule has 0 bridgehead atoms. The molecule has 3 heteroatoms. The fourth-order valence-electron chi connectivity index (χ4n) is 1.34. The summed E-state index contributed by atoms with van der Waals surface area (Å²) < 4.78 is 4.75. The van der Waals surface area contributed by atoms with Crippen LogP contribution < -0.4 is 0 Å². The van der Waals surface area contributed by atoms with E-state index in [9.17, 15) is 9.90 Å². The highest BCUT2D eigenvalue weighted by Crippen LogP contribution is 2.17. The van der Waals surface area contributed by atoms with Crippen LogP contribution in [-0.4, -0.2) is 23.8 Å². The molecule has 78 valence electrons. The predicted octanol–water partition coefficient (Wildman–Crippen LogP) is 1.10. The Balaban J connectivity index is 2.35. The average molecular weight is 196 g/mol. The number of carbonyl (C=O) groups excluding carboxylic acids is 1. The van der Waals surface area contributed by atoms with Gasteiger partial charge < -0.3 is 9.84 Å². The molecule has 1 rings (SSSR count). The molecule has 1 fully saturated rings. The molecule has 0 radical (unpaired) electrons. The molecule has 1 aliphatic rings. The minimum absolute atomic E-state index is 0.317. The fraction of sp³-hybridized carbons (Fsp3) is 0.727. The minimum Gasteiger partial charge on any atom is -0.465 e. The van der Waals surface area contributed by atoms with E-state index in [4.69, 9.17) is 4.74 Å². The molecule has 0 saturated carbocycles. The van der Waals surface area contributed by atoms with E-state index >= 15 is 0 Å². The summed E-state index contributed by atoms with van der Waals surface area (Å²) in [4.78, 5) is 11.1. The first-order chi connectivity index (χ1) is 6.75. The Morgan fingerprint density at radius 3 is 3.07 bits per heavy atom. The summed E-state index contributed by atoms with van der Waals surface area (Å²) in [6.07, 6.45) is 2.66. The number of hydrogen-bond donors (Lipinski definition) is 1. The lowest BCUT2D eigenvalue weighted by Gasteiger charge is -2.06. The third-order valence-corrected chi connectivity index (χ3v) is 2.26. The normalized spacial score (nSPS) is 22.4. The van der Waals surface area contributed by atoms with E-state index in [1.54, 1.807) is 0 Å². The molecule has 1 heterocycles. The van der Waals surface area contributed by atoms with Gasteiger partial charge in [0.25, 0.3) is 0 Å². The summed E-state index contributed by atoms with van der Waals surface area (Å²) in [5, 5.41) is 9.54. The number of aliphatic hydroxyl groups excluding tert-OH is 1. The standard InChI is InChI=1S/C11H16O3/c1-2-3-4-5-6-10(12)9-7-8-14-11(9)13/h9-10,12H,2-4,7-8H2,1H3. The molecule has 1 saturated heterocycles. The first kappa shape index (κ1) is 11.1. The van der Waals surface area contributed by atoms with Crippen LogP contribution >= 0.6 is 0 Å². The van der Waals surface area contributed by atoms with Gasteiger partial charge in [-0.25, -0.2) is 0 Å². The van der Waals surface area contributed by atoms with Crippen LogP contribution in [0.1, 0.15) is 32.6 Å². The molecule has 0 spiro atoms. The summed E-state index contributed by atoms with van der Waals surface area (Å²) in [7, 11) is 0. The zero-order chi connectivity index (χ0) is 10.4. The summed E-state index contributed by atoms with van der Waals surface area (Å²) in [6.45, 7) is 2.50. The number of unbranched alkanes of at least 4 members (excludes halogenated alkanes) is 2. The molecule has 2 unspecified atom stereocenters. The van der Waals surface area contributed by atoms with Crippen LogP contribution in [-0.2, 0) is 9.53 Å². The Labute approximate surface area is 84.5 Å². The number of esters is 1. The number of ether oxygens (including phenoxy) is 1. The number of cyclic esters (lactones) is 1. The number of carbonyl (C=O) groups is 1. The number of aliphatic hydroxyl groups is 1. The molecule has 0 aromatic heterocycles. The van der Waals surface area contributed by atoms with Crippen molar-refractivity contribution < 1.29 is 14.6 Å². The second-order valence-corrected chi connectivity index (χ2v) is 3.43. The molecular weight excluding hydrogens is 180 g/mol. The topological polar surface area (TPSA) is 46.5 Å². The highest BCUT2D eigenvalue weighted by Gasteiger charge is 2.31. The third-order valence-electron chi connectivity index (χ3n) is 2.26. The Morgan fingerprint density at radius 1 is 1.71 bits per heavy atom. The fourth-order valence-corrected chi connectivity index (χ4v) is 1.34. The first-order valence-corrected chi connectivity index (χ1v) is 5.08. The highest BCUT2D eigenvalue weighted by molar-refractivity contribution is 5.75. The summed E-state index contributed by atoms with van der Waals surface area (Å²) in [5.74, 6) is 4.83. The van der Waals surface area contributed by atoms with Crippen molar-refractivity contribution in [2.45, 2.75) is 38.7 Å². The van der Waals surface area contributed by atoms with Gasteiger partial charge in [0, 0.05) is 6.42 Å². The zero-order valence-corrected chi connectivity index (χ0v) is 8.45. The Kier molecular flexibility index (Phi) is 4.48. The lowest BCUT2D eigenvalue weighted by Crippen LogP contribution is -2.22. The van der Waals surface area contributed by atoms with Crippen molar-refractivity contribution in [1.82, 2.24) is 0 Å². The van der Waals surface area contributed by atoms with Crippen molar-refractivity contribution in [1.29, 1.82) is 0 Å². The molecule has 14 heavy (non-hydrogen) atoms. The van der Waals surface area contributed by atoms with Gasteiger partial charge in [0.15, 0.2) is 0 Å². The van der Waals surface area contributed by atoms with Gasteiger partial charge >= 0.3 is 5.97 Å². The van der Waals surface area contributed by atoms with E-state index in [0.29, 0.717) is 13.0 Å². The van der Waals surface area contributed by atoms with Gasteiger partial charge in [0.05, 0.1) is 12.5 Å². The molecule has 2 atom stereocenters. The number of rotatable bonds is 3. The van der Waals surface area contributed by atoms with Gasteiger partial charge in [-0.05, 0) is 12.8 Å². The molecule has 0 aromatic carbocycles. The number of hydrogen-bond acceptors (Lipinski definition) is 3. The minimum atomic E-state index is -0.846. The average Bonchev–Trinajstić information content (AvgIpc) is 2.59. The van der Waals surface area contributed by atoms with Crippen LogP contribution in [0.5, 0.6) is 0 Å². The smallest absolute Gasteiger partial charge is 0.312 e. The van der Waals surface area contributed by atoms with E-state index in [1.807, 2.05) is 0 Å². The van der Waals surface area contributed by atoms with Crippen LogP contribution in [0.2, 0.25) is 0 Å². The molecule has 3 nitrogen and oxygen atoms in total. The Morgan fingerprint density at radius 2 is 2.50 bits per heavy atom. The summed E-state index contributed by atoms with van der Waals surface area (Å²) >= 11 is 0. The van der Waals surface area contributed by atoms with Gasteiger partial charge in [-0.2, -0.15) is 0 Å². The molecule has 1 aliphatic heterocycles. The molecule has 0 aromatic rings. The van der Waals surface area contributed by atoms with E-state index in [-0.39, 0.29) is 5.97 Å². The van der Waals surface area contributed by atoms with Crippen molar-refractivity contribution in [3.63, 3.8) is 0 Å². The van der Waals surface area contributed by atoms with Crippen LogP contribution in [0.3, 0.4) is 0 Å². The van der Waals surface area contributed by atoms with E-state index in [0.717, 1.165) is 19.3 Å². The molecule has 0 aliphatic carbocycles. The molecule has 1 N–H and O–H groups in total. The van der Waals surface area contributed by atoms with Crippen LogP contribution in [0, 0.1) is 17.8 Å². The maximum Gasteiger partial charge on any atom is 0.312 e. The van der Waals surface area contributed by atoms with Crippen molar-refractivity contribution in [2.24, 2.45) is 5.92 Å². The van der Waals surface area contributed by atoms with E-state index in [2.05, 4.69) is 18.8 Å². The SMILES string of the molecule is CCCCC#CC(O)C1CCOC1=O. The summed E-state index contributed by atoms with van der Waals surface area (Å²) in [6, 6.07) is 0. The molecule has 0 amide bonds. The van der Waals surface area contributed by atoms with E-state index in [1.165, 1.54) is 0 Å². The van der Waals surface area contributed by atoms with Gasteiger partial charge in [0.2, 0.25) is 0 Å². The Bertz CT molecular complexity index is 249. The zero-order valence-electron chi connectivity index (χ0n) is 8.45. The van der Waals surface area contributed by atoms with Crippen molar-refractivity contribution in [3.8, 4) is 11.8 Å². The van der Waals surface area contributed by atoms with Crippen LogP contribution in [0.4, 0.5) is 0 Å². The third kappa shape index (κ3) is 3.04. The second-order valence-electron chi connectivity index (χ2n) is 3.43. The maximum atomic E-state index is 11.1. The van der Waals surface area contributed by atoms with Gasteiger partial charge in [0.1, 0.15) is 6.10 Å². The highest BCUT2D eigenvalue weighted by atomic mass is 16.5. The summed E-state index contributed by atoms with van der Waals surface area (Å²) in [5.41, 5.74) is 0.